The lowest BCUT2D eigenvalue weighted by Gasteiger charge is -2.28. The van der Waals surface area contributed by atoms with Gasteiger partial charge < -0.3 is 20.3 Å². The first-order chi connectivity index (χ1) is 12.2. The molecule has 2 amide bonds. The van der Waals surface area contributed by atoms with Crippen LogP contribution in [0.5, 0.6) is 17.4 Å². The van der Waals surface area contributed by atoms with Crippen LogP contribution in [0.4, 0.5) is 35.5 Å². The molecule has 1 heterocycles. The molecule has 0 unspecified atom stereocenters. The number of pyridine rings is 1. The second-order valence-electron chi connectivity index (χ2n) is 4.67. The zero-order valence-electron chi connectivity index (χ0n) is 12.8. The van der Waals surface area contributed by atoms with Gasteiger partial charge in [-0.15, -0.1) is 0 Å². The van der Waals surface area contributed by atoms with E-state index in [-0.39, 0.29) is 0 Å². The molecule has 0 radical (unpaired) electrons. The van der Waals surface area contributed by atoms with Gasteiger partial charge in [-0.2, -0.15) is 30.7 Å². The highest BCUT2D eigenvalue weighted by Crippen LogP contribution is 2.47. The third kappa shape index (κ3) is 5.08. The molecule has 0 fully saturated rings. The molecule has 0 saturated heterocycles. The number of aromatic nitrogens is 1. The van der Waals surface area contributed by atoms with Crippen molar-refractivity contribution >= 4 is 12.0 Å². The first-order valence-electron chi connectivity index (χ1n) is 6.57. The van der Waals surface area contributed by atoms with Crippen molar-refractivity contribution in [1.29, 1.82) is 0 Å². The summed E-state index contributed by atoms with van der Waals surface area (Å²) in [5.41, 5.74) is 4.90. The van der Waals surface area contributed by atoms with E-state index in [2.05, 4.69) is 14.5 Å². The first kappa shape index (κ1) is 22.2. The van der Waals surface area contributed by atoms with Crippen LogP contribution in [-0.2, 0) is 4.79 Å². The predicted octanol–water partition coefficient (Wildman–Crippen LogP) is 1.57. The third-order valence-electron chi connectivity index (χ3n) is 2.69. The summed E-state index contributed by atoms with van der Waals surface area (Å²) in [4.78, 5) is 25.4. The van der Waals surface area contributed by atoms with Crippen LogP contribution in [0.2, 0.25) is 0 Å². The monoisotopic (exact) mass is 409 g/mol. The van der Waals surface area contributed by atoms with Gasteiger partial charge in [-0.3, -0.25) is 10.1 Å². The molecule has 152 valence electrons. The van der Waals surface area contributed by atoms with Gasteiger partial charge >= 0.3 is 24.1 Å². The van der Waals surface area contributed by atoms with Gasteiger partial charge in [0, 0.05) is 12.3 Å². The number of rotatable bonds is 6. The molecule has 1 aromatic rings. The van der Waals surface area contributed by atoms with Gasteiger partial charge in [0.2, 0.25) is 11.7 Å². The number of aromatic hydroxyl groups is 1. The van der Waals surface area contributed by atoms with E-state index in [1.165, 1.54) is 0 Å². The first-order valence-corrected chi connectivity index (χ1v) is 6.57. The Labute approximate surface area is 145 Å². The Bertz CT molecular complexity index is 711. The van der Waals surface area contributed by atoms with E-state index in [0.717, 1.165) is 0 Å². The van der Waals surface area contributed by atoms with Crippen LogP contribution in [0.1, 0.15) is 0 Å². The molecular weight excluding hydrogens is 399 g/mol. The van der Waals surface area contributed by atoms with Crippen molar-refractivity contribution in [1.82, 2.24) is 10.3 Å². The van der Waals surface area contributed by atoms with Crippen molar-refractivity contribution in [2.45, 2.75) is 18.0 Å². The number of nitrogens with two attached hydrogens (primary N) is 1. The summed E-state index contributed by atoms with van der Waals surface area (Å²) in [7, 11) is 0. The zero-order chi connectivity index (χ0) is 21.0. The van der Waals surface area contributed by atoms with Gasteiger partial charge in [0.15, 0.2) is 12.4 Å². The minimum atomic E-state index is -6.55. The lowest BCUT2D eigenvalue weighted by molar-refractivity contribution is -0.358. The van der Waals surface area contributed by atoms with E-state index in [9.17, 15) is 45.4 Å². The molecule has 0 aliphatic heterocycles. The van der Waals surface area contributed by atoms with Gasteiger partial charge in [0.05, 0.1) is 6.54 Å². The fourth-order valence-corrected chi connectivity index (χ4v) is 1.35. The molecule has 0 atom stereocenters. The van der Waals surface area contributed by atoms with Crippen molar-refractivity contribution in [2.75, 3.05) is 13.2 Å². The fraction of sp³-hybridized carbons (Fsp3) is 0.417. The van der Waals surface area contributed by atoms with Gasteiger partial charge in [-0.05, 0) is 0 Å². The van der Waals surface area contributed by atoms with Crippen molar-refractivity contribution < 1.29 is 54.9 Å². The standard InChI is InChI=1S/C12H10F7N3O5/c13-10(14,11(15,16)12(17,18)19)4-26-5-1-2-21-8(7(5)24)27-9(25)22-6(23)3-20/h1-2,24H,3-4,20H2,(H,22,23,25). The number of nitrogens with one attached hydrogen (secondary N) is 1. The van der Waals surface area contributed by atoms with Crippen LogP contribution in [0, 0.1) is 0 Å². The van der Waals surface area contributed by atoms with Crippen LogP contribution in [-0.4, -0.2) is 53.3 Å². The highest BCUT2D eigenvalue weighted by molar-refractivity contribution is 5.93. The summed E-state index contributed by atoms with van der Waals surface area (Å²) in [5.74, 6) is -16.4. The van der Waals surface area contributed by atoms with Crippen molar-refractivity contribution in [3.8, 4) is 17.4 Å². The zero-order valence-corrected chi connectivity index (χ0v) is 12.8. The molecular formula is C12H10F7N3O5. The van der Waals surface area contributed by atoms with Crippen LogP contribution in [0.25, 0.3) is 0 Å². The van der Waals surface area contributed by atoms with E-state index in [4.69, 9.17) is 5.73 Å². The lowest BCUT2D eigenvalue weighted by Crippen LogP contribution is -2.54. The summed E-state index contributed by atoms with van der Waals surface area (Å²) in [5, 5.41) is 11.2. The Balaban J connectivity index is 2.91. The van der Waals surface area contributed by atoms with Crippen LogP contribution >= 0.6 is 0 Å². The van der Waals surface area contributed by atoms with Crippen molar-refractivity contribution in [3.63, 3.8) is 0 Å². The minimum absolute atomic E-state index is 0.611. The number of amides is 2. The summed E-state index contributed by atoms with van der Waals surface area (Å²) < 4.78 is 96.4. The average molecular weight is 409 g/mol. The molecule has 0 aliphatic carbocycles. The Kier molecular flexibility index (Phi) is 6.42. The maximum absolute atomic E-state index is 13.2. The number of halogens is 7. The Morgan fingerprint density at radius 1 is 1.19 bits per heavy atom. The number of hydrogen-bond donors (Lipinski definition) is 3. The molecule has 0 saturated carbocycles. The van der Waals surface area contributed by atoms with Crippen LogP contribution in [0.15, 0.2) is 12.3 Å². The Morgan fingerprint density at radius 2 is 1.78 bits per heavy atom. The van der Waals surface area contributed by atoms with Gasteiger partial charge in [0.1, 0.15) is 0 Å². The molecule has 27 heavy (non-hydrogen) atoms. The van der Waals surface area contributed by atoms with Crippen LogP contribution < -0.4 is 20.5 Å². The summed E-state index contributed by atoms with van der Waals surface area (Å²) in [6, 6.07) is 0.618. The van der Waals surface area contributed by atoms with Crippen LogP contribution in [0.3, 0.4) is 0 Å². The normalized spacial score (nSPS) is 12.4. The highest BCUT2D eigenvalue weighted by Gasteiger charge is 2.73. The SMILES string of the molecule is NCC(=O)NC(=O)Oc1nccc(OCC(F)(F)C(F)(F)C(F)(F)F)c1O. The quantitative estimate of drug-likeness (QED) is 0.610. The summed E-state index contributed by atoms with van der Waals surface area (Å²) >= 11 is 0. The number of carbonyl (C=O) groups excluding carboxylic acids is 2. The average Bonchev–Trinajstić information content (AvgIpc) is 2.54. The van der Waals surface area contributed by atoms with E-state index >= 15 is 0 Å². The second kappa shape index (κ2) is 7.81. The fourth-order valence-electron chi connectivity index (χ4n) is 1.35. The summed E-state index contributed by atoms with van der Waals surface area (Å²) in [6.45, 7) is -3.09. The number of imide groups is 1. The molecule has 15 heteroatoms. The Morgan fingerprint density at radius 3 is 2.30 bits per heavy atom. The molecule has 0 aromatic carbocycles. The lowest BCUT2D eigenvalue weighted by atomic mass is 10.2. The second-order valence-corrected chi connectivity index (χ2v) is 4.67. The molecule has 0 spiro atoms. The number of nitrogens with zero attached hydrogens (tertiary/aromatic N) is 1. The van der Waals surface area contributed by atoms with Crippen molar-refractivity contribution in [2.24, 2.45) is 5.73 Å². The molecule has 1 rings (SSSR count). The topological polar surface area (TPSA) is 124 Å². The smallest absolute Gasteiger partial charge is 0.460 e. The van der Waals surface area contributed by atoms with Gasteiger partial charge in [0.25, 0.3) is 5.88 Å². The van der Waals surface area contributed by atoms with Crippen molar-refractivity contribution in [3.05, 3.63) is 12.3 Å². The molecule has 4 N–H and O–H groups in total. The minimum Gasteiger partial charge on any atom is -0.501 e. The summed E-state index contributed by atoms with van der Waals surface area (Å²) in [6.07, 6.45) is -7.37. The molecule has 8 nitrogen and oxygen atoms in total. The number of carbonyl (C=O) groups is 2. The van der Waals surface area contributed by atoms with E-state index in [0.29, 0.717) is 12.3 Å². The maximum atomic E-state index is 13.2. The van der Waals surface area contributed by atoms with Gasteiger partial charge in [-0.1, -0.05) is 0 Å². The van der Waals surface area contributed by atoms with E-state index in [1.54, 1.807) is 5.32 Å². The maximum Gasteiger partial charge on any atom is 0.460 e. The number of hydrogen-bond acceptors (Lipinski definition) is 7. The largest absolute Gasteiger partial charge is 0.501 e. The number of ether oxygens (including phenoxy) is 2. The third-order valence-corrected chi connectivity index (χ3v) is 2.69. The Hall–Kier alpha value is -2.84. The van der Waals surface area contributed by atoms with Gasteiger partial charge in [-0.25, -0.2) is 9.78 Å². The van der Waals surface area contributed by atoms with E-state index < -0.39 is 60.6 Å². The highest BCUT2D eigenvalue weighted by atomic mass is 19.4. The van der Waals surface area contributed by atoms with E-state index in [1.807, 2.05) is 0 Å². The number of alkyl halides is 7. The molecule has 0 aliphatic rings. The predicted molar refractivity (Wildman–Crippen MR) is 70.6 cm³/mol. The molecule has 0 bridgehead atoms. The molecule has 1 aromatic heterocycles.